The summed E-state index contributed by atoms with van der Waals surface area (Å²) in [5, 5.41) is 6.22. The summed E-state index contributed by atoms with van der Waals surface area (Å²) in [4.78, 5) is 17.6. The van der Waals surface area contributed by atoms with Crippen LogP contribution in [0.1, 0.15) is 37.6 Å². The third-order valence-corrected chi connectivity index (χ3v) is 5.57. The molecule has 1 atom stereocenters. The Morgan fingerprint density at radius 3 is 2.29 bits per heavy atom. The fraction of sp³-hybridized carbons (Fsp3) is 0.280. The van der Waals surface area contributed by atoms with Gasteiger partial charge in [-0.25, -0.2) is 4.79 Å². The number of hydrogen-bond donors (Lipinski definition) is 2. The second-order valence-electron chi connectivity index (χ2n) is 8.98. The van der Waals surface area contributed by atoms with Crippen molar-refractivity contribution in [1.82, 2.24) is 15.6 Å². The van der Waals surface area contributed by atoms with Gasteiger partial charge < -0.3 is 15.4 Å². The Balaban J connectivity index is 2.26. The number of carbonyl (C=O) groups excluding carboxylic acids is 1. The number of nitrogens with one attached hydrogen (secondary N) is 2. The predicted molar refractivity (Wildman–Crippen MR) is 132 cm³/mol. The lowest BCUT2D eigenvalue weighted by Gasteiger charge is -2.37. The fourth-order valence-electron chi connectivity index (χ4n) is 3.62. The highest BCUT2D eigenvalue weighted by atomic mass is 79.9. The van der Waals surface area contributed by atoms with Crippen LogP contribution < -0.4 is 15.4 Å². The highest BCUT2D eigenvalue weighted by Gasteiger charge is 2.40. The first-order valence-corrected chi connectivity index (χ1v) is 11.8. The average molecular weight is 571 g/mol. The molecule has 0 bridgehead atoms. The van der Waals surface area contributed by atoms with E-state index >= 15 is 0 Å². The van der Waals surface area contributed by atoms with Gasteiger partial charge in [-0.3, -0.25) is 4.98 Å². The molecule has 10 heteroatoms. The van der Waals surface area contributed by atoms with Gasteiger partial charge in [-0.15, -0.1) is 13.2 Å². The number of nitrogens with zero attached hydrogens (tertiary/aromatic N) is 1. The Morgan fingerprint density at radius 1 is 1.03 bits per heavy atom. The molecule has 5 nitrogen and oxygen atoms in total. The van der Waals surface area contributed by atoms with Gasteiger partial charge in [0.15, 0.2) is 0 Å². The third kappa shape index (κ3) is 7.60. The van der Waals surface area contributed by atoms with Crippen molar-refractivity contribution in [3.8, 4) is 5.75 Å². The molecule has 2 aromatic carbocycles. The minimum atomic E-state index is -4.89. The molecule has 3 aromatic rings. The summed E-state index contributed by atoms with van der Waals surface area (Å²) in [5.74, 6) is -0.439. The number of alkyl halides is 3. The Morgan fingerprint density at radius 2 is 1.71 bits per heavy atom. The summed E-state index contributed by atoms with van der Waals surface area (Å²) in [6, 6.07) is 16.0. The lowest BCUT2D eigenvalue weighted by molar-refractivity contribution is -0.274. The molecule has 0 aliphatic heterocycles. The monoisotopic (exact) mass is 569 g/mol. The van der Waals surface area contributed by atoms with Gasteiger partial charge in [0.05, 0.1) is 10.7 Å². The summed E-state index contributed by atoms with van der Waals surface area (Å²) >= 11 is 9.35. The van der Waals surface area contributed by atoms with Gasteiger partial charge in [0.1, 0.15) is 11.3 Å². The van der Waals surface area contributed by atoms with Crippen LogP contribution in [-0.2, 0) is 12.0 Å². The standard InChI is InChI=1S/C25H24BrClF3N3O2/c1-23(2,3)32-22(34)33-24(14-16-7-5-4-6-8-16,21-10-9-19(27)15-31-21)17-11-18(26)13-20(12-17)35-25(28,29)30/h4-13,15H,14H2,1-3H3,(H2,32,33,34). The molecule has 0 spiro atoms. The van der Waals surface area contributed by atoms with Crippen LogP contribution >= 0.6 is 27.5 Å². The van der Waals surface area contributed by atoms with Crippen LogP contribution in [0.25, 0.3) is 0 Å². The van der Waals surface area contributed by atoms with E-state index in [1.807, 2.05) is 51.1 Å². The number of urea groups is 1. The van der Waals surface area contributed by atoms with Gasteiger partial charge in [0.2, 0.25) is 0 Å². The van der Waals surface area contributed by atoms with Gasteiger partial charge in [-0.1, -0.05) is 57.9 Å². The van der Waals surface area contributed by atoms with E-state index in [1.165, 1.54) is 18.3 Å². The topological polar surface area (TPSA) is 63.2 Å². The molecule has 0 aliphatic carbocycles. The second kappa shape index (κ2) is 10.5. The van der Waals surface area contributed by atoms with Crippen LogP contribution in [0.4, 0.5) is 18.0 Å². The van der Waals surface area contributed by atoms with Crippen molar-refractivity contribution in [2.24, 2.45) is 0 Å². The largest absolute Gasteiger partial charge is 0.573 e. The lowest BCUT2D eigenvalue weighted by Crippen LogP contribution is -2.56. The molecule has 35 heavy (non-hydrogen) atoms. The molecule has 0 saturated heterocycles. The predicted octanol–water partition coefficient (Wildman–Crippen LogP) is 6.98. The Hall–Kier alpha value is -2.78. The normalized spacial score (nSPS) is 13.6. The van der Waals surface area contributed by atoms with Crippen LogP contribution in [0.15, 0.2) is 71.3 Å². The highest BCUT2D eigenvalue weighted by molar-refractivity contribution is 9.10. The number of ether oxygens (including phenoxy) is 1. The highest BCUT2D eigenvalue weighted by Crippen LogP contribution is 2.38. The molecule has 2 N–H and O–H groups in total. The first-order valence-electron chi connectivity index (χ1n) is 10.6. The molecule has 0 saturated carbocycles. The van der Waals surface area contributed by atoms with Crippen molar-refractivity contribution in [3.05, 3.63) is 93.2 Å². The molecule has 0 aliphatic rings. The van der Waals surface area contributed by atoms with Gasteiger partial charge in [0, 0.05) is 22.6 Å². The van der Waals surface area contributed by atoms with E-state index in [0.29, 0.717) is 20.8 Å². The molecule has 2 amide bonds. The zero-order chi connectivity index (χ0) is 25.9. The number of rotatable bonds is 6. The number of aromatic nitrogens is 1. The van der Waals surface area contributed by atoms with Crippen molar-refractivity contribution in [3.63, 3.8) is 0 Å². The van der Waals surface area contributed by atoms with Crippen LogP contribution in [0.2, 0.25) is 5.02 Å². The van der Waals surface area contributed by atoms with E-state index in [9.17, 15) is 18.0 Å². The number of carbonyl (C=O) groups is 1. The second-order valence-corrected chi connectivity index (χ2v) is 10.3. The van der Waals surface area contributed by atoms with Crippen molar-refractivity contribution in [2.75, 3.05) is 0 Å². The van der Waals surface area contributed by atoms with E-state index in [-0.39, 0.29) is 6.42 Å². The molecule has 1 heterocycles. The van der Waals surface area contributed by atoms with Crippen molar-refractivity contribution < 1.29 is 22.7 Å². The maximum absolute atomic E-state index is 13.2. The Bertz CT molecular complexity index is 1170. The number of pyridine rings is 1. The summed E-state index contributed by atoms with van der Waals surface area (Å²) in [6.45, 7) is 5.46. The molecule has 1 aromatic heterocycles. The van der Waals surface area contributed by atoms with Crippen molar-refractivity contribution >= 4 is 33.6 Å². The van der Waals surface area contributed by atoms with Crippen LogP contribution in [0.5, 0.6) is 5.75 Å². The molecule has 0 radical (unpaired) electrons. The average Bonchev–Trinajstić information content (AvgIpc) is 2.71. The first kappa shape index (κ1) is 26.8. The van der Waals surface area contributed by atoms with Crippen molar-refractivity contribution in [1.29, 1.82) is 0 Å². The smallest absolute Gasteiger partial charge is 0.406 e. The summed E-state index contributed by atoms with van der Waals surface area (Å²) < 4.78 is 43.7. The molecule has 1 unspecified atom stereocenters. The van der Waals surface area contributed by atoms with E-state index in [2.05, 4.69) is 36.3 Å². The SMILES string of the molecule is CC(C)(C)NC(=O)NC(Cc1ccccc1)(c1cc(Br)cc(OC(F)(F)F)c1)c1ccc(Cl)cn1. The van der Waals surface area contributed by atoms with E-state index in [1.54, 1.807) is 18.2 Å². The maximum atomic E-state index is 13.2. The summed E-state index contributed by atoms with van der Waals surface area (Å²) in [7, 11) is 0. The molecular formula is C25H24BrClF3N3O2. The van der Waals surface area contributed by atoms with Crippen molar-refractivity contribution in [2.45, 2.75) is 44.6 Å². The summed E-state index contributed by atoms with van der Waals surface area (Å²) in [6.07, 6.45) is -3.29. The quantitative estimate of drug-likeness (QED) is 0.336. The van der Waals surface area contributed by atoms with E-state index in [4.69, 9.17) is 11.6 Å². The lowest BCUT2D eigenvalue weighted by atomic mass is 9.80. The number of amides is 2. The van der Waals surface area contributed by atoms with Gasteiger partial charge in [-0.2, -0.15) is 0 Å². The van der Waals surface area contributed by atoms with Crippen LogP contribution in [0, 0.1) is 0 Å². The fourth-order valence-corrected chi connectivity index (χ4v) is 4.20. The van der Waals surface area contributed by atoms with Crippen LogP contribution in [0.3, 0.4) is 0 Å². The van der Waals surface area contributed by atoms with Crippen LogP contribution in [-0.4, -0.2) is 22.9 Å². The first-order chi connectivity index (χ1) is 16.3. The molecule has 0 fully saturated rings. The van der Waals surface area contributed by atoms with E-state index in [0.717, 1.165) is 5.56 Å². The van der Waals surface area contributed by atoms with E-state index < -0.39 is 29.2 Å². The summed E-state index contributed by atoms with van der Waals surface area (Å²) in [5.41, 5.74) is -0.426. The number of benzene rings is 2. The number of halogens is 5. The van der Waals surface area contributed by atoms with Gasteiger partial charge in [0.25, 0.3) is 0 Å². The molecule has 3 rings (SSSR count). The maximum Gasteiger partial charge on any atom is 0.573 e. The number of hydrogen-bond acceptors (Lipinski definition) is 3. The zero-order valence-electron chi connectivity index (χ0n) is 19.2. The Kier molecular flexibility index (Phi) is 8.01. The molecule has 186 valence electrons. The zero-order valence-corrected chi connectivity index (χ0v) is 21.6. The third-order valence-electron chi connectivity index (χ3n) is 4.89. The minimum Gasteiger partial charge on any atom is -0.406 e. The van der Waals surface area contributed by atoms with Gasteiger partial charge >= 0.3 is 12.4 Å². The minimum absolute atomic E-state index is 0.182. The Labute approximate surface area is 215 Å². The van der Waals surface area contributed by atoms with Gasteiger partial charge in [-0.05, 0) is 62.2 Å². The molecular weight excluding hydrogens is 547 g/mol.